The van der Waals surface area contributed by atoms with E-state index >= 15 is 0 Å². The van der Waals surface area contributed by atoms with Crippen LogP contribution in [0.2, 0.25) is 0 Å². The molecule has 0 radical (unpaired) electrons. The van der Waals surface area contributed by atoms with Gasteiger partial charge in [0, 0.05) is 12.0 Å². The average Bonchev–Trinajstić information content (AvgIpc) is 2.53. The van der Waals surface area contributed by atoms with Gasteiger partial charge in [0.25, 0.3) is 5.91 Å². The van der Waals surface area contributed by atoms with Crippen molar-refractivity contribution in [2.45, 2.75) is 18.6 Å². The van der Waals surface area contributed by atoms with Crippen molar-refractivity contribution in [3.63, 3.8) is 0 Å². The molecule has 2 rings (SSSR count). The zero-order chi connectivity index (χ0) is 18.6. The first-order valence-corrected chi connectivity index (χ1v) is 7.12. The summed E-state index contributed by atoms with van der Waals surface area (Å²) in [6, 6.07) is 7.39. The number of hydrogen-bond donors (Lipinski definition) is 2. The summed E-state index contributed by atoms with van der Waals surface area (Å²) in [6.45, 7) is 0. The maximum Gasteiger partial charge on any atom is 0.416 e. The lowest BCUT2D eigenvalue weighted by Crippen LogP contribution is -2.42. The van der Waals surface area contributed by atoms with Crippen LogP contribution >= 0.6 is 0 Å². The van der Waals surface area contributed by atoms with Crippen LogP contribution in [0.25, 0.3) is 0 Å². The van der Waals surface area contributed by atoms with E-state index in [-0.39, 0.29) is 12.0 Å². The fourth-order valence-electron chi connectivity index (χ4n) is 2.18. The molecule has 8 heteroatoms. The number of alkyl halides is 3. The van der Waals surface area contributed by atoms with Gasteiger partial charge in [-0.3, -0.25) is 4.79 Å². The Morgan fingerprint density at radius 1 is 1.08 bits per heavy atom. The van der Waals surface area contributed by atoms with Crippen LogP contribution in [0.1, 0.15) is 21.5 Å². The van der Waals surface area contributed by atoms with Gasteiger partial charge in [-0.1, -0.05) is 18.2 Å². The third kappa shape index (κ3) is 5.03. The number of amides is 1. The summed E-state index contributed by atoms with van der Waals surface area (Å²) in [5.41, 5.74) is -1.01. The van der Waals surface area contributed by atoms with Crippen LogP contribution in [0.15, 0.2) is 48.5 Å². The molecule has 0 fully saturated rings. The largest absolute Gasteiger partial charge is 0.480 e. The monoisotopic (exact) mass is 355 g/mol. The SMILES string of the molecule is O=C(N[C@@H](Cc1cccc(F)c1)C(=O)O)c1cccc(C(F)(F)F)c1. The molecule has 0 bridgehead atoms. The summed E-state index contributed by atoms with van der Waals surface area (Å²) >= 11 is 0. The first-order chi connectivity index (χ1) is 11.7. The molecule has 0 unspecified atom stereocenters. The molecule has 4 nitrogen and oxygen atoms in total. The minimum Gasteiger partial charge on any atom is -0.480 e. The summed E-state index contributed by atoms with van der Waals surface area (Å²) in [7, 11) is 0. The van der Waals surface area contributed by atoms with E-state index in [9.17, 15) is 32.3 Å². The number of carbonyl (C=O) groups is 2. The molecule has 2 aromatic rings. The van der Waals surface area contributed by atoms with Crippen molar-refractivity contribution in [1.82, 2.24) is 5.32 Å². The van der Waals surface area contributed by atoms with E-state index in [1.165, 1.54) is 18.2 Å². The molecular formula is C17H13F4NO3. The van der Waals surface area contributed by atoms with Crippen LogP contribution in [0.3, 0.4) is 0 Å². The lowest BCUT2D eigenvalue weighted by atomic mass is 10.0. The van der Waals surface area contributed by atoms with Gasteiger partial charge in [-0.25, -0.2) is 9.18 Å². The Kier molecular flexibility index (Phi) is 5.41. The van der Waals surface area contributed by atoms with Crippen LogP contribution in [0.5, 0.6) is 0 Å². The zero-order valence-electron chi connectivity index (χ0n) is 12.7. The number of carboxylic acid groups (broad SMARTS) is 1. The number of halogens is 4. The molecule has 0 aromatic heterocycles. The molecule has 132 valence electrons. The smallest absolute Gasteiger partial charge is 0.416 e. The second-order valence-corrected chi connectivity index (χ2v) is 5.28. The van der Waals surface area contributed by atoms with Gasteiger partial charge in [0.15, 0.2) is 0 Å². The van der Waals surface area contributed by atoms with Crippen molar-refractivity contribution in [3.05, 3.63) is 71.0 Å². The Morgan fingerprint density at radius 2 is 1.76 bits per heavy atom. The molecule has 0 spiro atoms. The van der Waals surface area contributed by atoms with E-state index in [0.717, 1.165) is 24.3 Å². The lowest BCUT2D eigenvalue weighted by molar-refractivity contribution is -0.139. The van der Waals surface area contributed by atoms with E-state index in [4.69, 9.17) is 0 Å². The Balaban J connectivity index is 2.17. The standard InChI is InChI=1S/C17H13F4NO3/c18-13-6-1-3-10(7-13)8-14(16(24)25)22-15(23)11-4-2-5-12(9-11)17(19,20)21/h1-7,9,14H,8H2,(H,22,23)(H,24,25)/t14-/m0/s1. The second-order valence-electron chi connectivity index (χ2n) is 5.28. The highest BCUT2D eigenvalue weighted by atomic mass is 19.4. The average molecular weight is 355 g/mol. The number of rotatable bonds is 5. The predicted octanol–water partition coefficient (Wildman–Crippen LogP) is 3.27. The summed E-state index contributed by atoms with van der Waals surface area (Å²) < 4.78 is 51.2. The van der Waals surface area contributed by atoms with Crippen molar-refractivity contribution < 1.29 is 32.3 Å². The van der Waals surface area contributed by atoms with Gasteiger partial charge in [0.2, 0.25) is 0 Å². The lowest BCUT2D eigenvalue weighted by Gasteiger charge is -2.15. The van der Waals surface area contributed by atoms with Crippen molar-refractivity contribution in [2.75, 3.05) is 0 Å². The van der Waals surface area contributed by atoms with E-state index in [1.807, 2.05) is 0 Å². The third-order valence-corrected chi connectivity index (χ3v) is 3.38. The van der Waals surface area contributed by atoms with Crippen molar-refractivity contribution in [1.29, 1.82) is 0 Å². The molecule has 0 aliphatic rings. The molecule has 0 heterocycles. The van der Waals surface area contributed by atoms with Gasteiger partial charge in [0.1, 0.15) is 11.9 Å². The molecule has 2 aromatic carbocycles. The maximum atomic E-state index is 13.2. The number of aliphatic carboxylic acids is 1. The molecular weight excluding hydrogens is 342 g/mol. The summed E-state index contributed by atoms with van der Waals surface area (Å²) in [6.07, 6.45) is -4.83. The van der Waals surface area contributed by atoms with Crippen LogP contribution < -0.4 is 5.32 Å². The number of benzene rings is 2. The van der Waals surface area contributed by atoms with Gasteiger partial charge in [-0.15, -0.1) is 0 Å². The van der Waals surface area contributed by atoms with Gasteiger partial charge in [0.05, 0.1) is 5.56 Å². The zero-order valence-corrected chi connectivity index (χ0v) is 12.7. The normalized spacial score (nSPS) is 12.5. The van der Waals surface area contributed by atoms with Crippen LogP contribution in [0.4, 0.5) is 17.6 Å². The second kappa shape index (κ2) is 7.33. The van der Waals surface area contributed by atoms with Crippen molar-refractivity contribution in [2.24, 2.45) is 0 Å². The first kappa shape index (κ1) is 18.4. The number of hydrogen-bond acceptors (Lipinski definition) is 2. The molecule has 0 aliphatic carbocycles. The number of carbonyl (C=O) groups excluding carboxylic acids is 1. The molecule has 0 saturated carbocycles. The summed E-state index contributed by atoms with van der Waals surface area (Å²) in [4.78, 5) is 23.4. The Labute approximate surface area is 140 Å². The highest BCUT2D eigenvalue weighted by Gasteiger charge is 2.31. The quantitative estimate of drug-likeness (QED) is 0.809. The maximum absolute atomic E-state index is 13.2. The minimum absolute atomic E-state index is 0.211. The fraction of sp³-hybridized carbons (Fsp3) is 0.176. The van der Waals surface area contributed by atoms with Crippen molar-refractivity contribution in [3.8, 4) is 0 Å². The van der Waals surface area contributed by atoms with E-state index in [1.54, 1.807) is 0 Å². The first-order valence-electron chi connectivity index (χ1n) is 7.12. The topological polar surface area (TPSA) is 66.4 Å². The van der Waals surface area contributed by atoms with Crippen LogP contribution in [-0.2, 0) is 17.4 Å². The summed E-state index contributed by atoms with van der Waals surface area (Å²) in [5.74, 6) is -2.91. The van der Waals surface area contributed by atoms with Gasteiger partial charge >= 0.3 is 12.1 Å². The molecule has 1 amide bonds. The molecule has 1 atom stereocenters. The highest BCUT2D eigenvalue weighted by molar-refractivity contribution is 5.96. The Bertz CT molecular complexity index is 789. The van der Waals surface area contributed by atoms with Crippen LogP contribution in [-0.4, -0.2) is 23.0 Å². The fourth-order valence-corrected chi connectivity index (χ4v) is 2.18. The molecule has 0 aliphatic heterocycles. The third-order valence-electron chi connectivity index (χ3n) is 3.38. The molecule has 2 N–H and O–H groups in total. The highest BCUT2D eigenvalue weighted by Crippen LogP contribution is 2.29. The van der Waals surface area contributed by atoms with E-state index in [2.05, 4.69) is 5.32 Å². The van der Waals surface area contributed by atoms with Gasteiger partial charge in [-0.2, -0.15) is 13.2 Å². The Morgan fingerprint density at radius 3 is 2.36 bits per heavy atom. The van der Waals surface area contributed by atoms with Gasteiger partial charge in [-0.05, 0) is 35.9 Å². The predicted molar refractivity (Wildman–Crippen MR) is 80.4 cm³/mol. The van der Waals surface area contributed by atoms with E-state index in [0.29, 0.717) is 11.6 Å². The van der Waals surface area contributed by atoms with Crippen LogP contribution in [0, 0.1) is 5.82 Å². The number of carboxylic acids is 1. The molecule has 25 heavy (non-hydrogen) atoms. The Hall–Kier alpha value is -2.90. The van der Waals surface area contributed by atoms with E-state index < -0.39 is 35.5 Å². The van der Waals surface area contributed by atoms with Crippen molar-refractivity contribution >= 4 is 11.9 Å². The summed E-state index contributed by atoms with van der Waals surface area (Å²) in [5, 5.41) is 11.3. The minimum atomic E-state index is -4.62. The molecule has 0 saturated heterocycles. The number of nitrogens with one attached hydrogen (secondary N) is 1. The van der Waals surface area contributed by atoms with Gasteiger partial charge < -0.3 is 10.4 Å².